The first kappa shape index (κ1) is 15.9. The van der Waals surface area contributed by atoms with Crippen LogP contribution < -0.4 is 5.73 Å². The number of nitrogens with two attached hydrogens (primary N) is 1. The Morgan fingerprint density at radius 1 is 1.20 bits per heavy atom. The molecule has 25 heavy (non-hydrogen) atoms. The van der Waals surface area contributed by atoms with Crippen LogP contribution in [0, 0.1) is 6.92 Å². The number of carbonyl (C=O) groups excluding carboxylic acids is 1. The molecule has 0 saturated carbocycles. The van der Waals surface area contributed by atoms with Gasteiger partial charge in [-0.3, -0.25) is 9.78 Å². The van der Waals surface area contributed by atoms with E-state index in [2.05, 4.69) is 27.1 Å². The normalized spacial score (nSPS) is 20.1. The number of hydrogen-bond donors (Lipinski definition) is 1. The molecule has 2 aliphatic rings. The van der Waals surface area contributed by atoms with Crippen molar-refractivity contribution >= 4 is 17.3 Å². The first-order valence-electron chi connectivity index (χ1n) is 8.94. The molecule has 0 amide bonds. The lowest BCUT2D eigenvalue weighted by Gasteiger charge is -2.26. The molecule has 5 heteroatoms. The Morgan fingerprint density at radius 3 is 2.88 bits per heavy atom. The van der Waals surface area contributed by atoms with Crippen LogP contribution in [0.25, 0.3) is 5.57 Å². The van der Waals surface area contributed by atoms with Crippen molar-refractivity contribution in [1.29, 1.82) is 0 Å². The second-order valence-corrected chi connectivity index (χ2v) is 6.93. The van der Waals surface area contributed by atoms with Crippen molar-refractivity contribution in [3.05, 3.63) is 52.6 Å². The van der Waals surface area contributed by atoms with Crippen molar-refractivity contribution in [2.24, 2.45) is 0 Å². The van der Waals surface area contributed by atoms with E-state index >= 15 is 0 Å². The zero-order valence-corrected chi connectivity index (χ0v) is 14.5. The van der Waals surface area contributed by atoms with Crippen LogP contribution in [0.5, 0.6) is 0 Å². The number of aromatic nitrogens is 3. The number of nitrogens with zero attached hydrogens (tertiary/aromatic N) is 3. The van der Waals surface area contributed by atoms with Crippen molar-refractivity contribution in [3.63, 3.8) is 0 Å². The molecule has 5 nitrogen and oxygen atoms in total. The molecule has 4 rings (SSSR count). The Kier molecular flexibility index (Phi) is 4.07. The molecule has 2 aromatic rings. The number of fused-ring (bicyclic) bond motifs is 1. The second-order valence-electron chi connectivity index (χ2n) is 6.93. The highest BCUT2D eigenvalue weighted by Gasteiger charge is 2.31. The fourth-order valence-corrected chi connectivity index (χ4v) is 4.09. The topological polar surface area (TPSA) is 81.8 Å². The summed E-state index contributed by atoms with van der Waals surface area (Å²) in [5.74, 6) is 0.447. The van der Waals surface area contributed by atoms with Gasteiger partial charge in [0.2, 0.25) is 5.95 Å². The van der Waals surface area contributed by atoms with Crippen LogP contribution >= 0.6 is 0 Å². The first-order valence-corrected chi connectivity index (χ1v) is 8.94. The van der Waals surface area contributed by atoms with E-state index in [-0.39, 0.29) is 17.6 Å². The molecule has 0 bridgehead atoms. The van der Waals surface area contributed by atoms with Gasteiger partial charge in [0.1, 0.15) is 0 Å². The molecule has 2 aromatic heterocycles. The van der Waals surface area contributed by atoms with E-state index in [1.54, 1.807) is 0 Å². The summed E-state index contributed by atoms with van der Waals surface area (Å²) in [7, 11) is 0. The van der Waals surface area contributed by atoms with Gasteiger partial charge in [-0.05, 0) is 62.1 Å². The van der Waals surface area contributed by atoms with E-state index in [0.717, 1.165) is 29.8 Å². The Bertz CT molecular complexity index is 872. The van der Waals surface area contributed by atoms with Gasteiger partial charge in [0.15, 0.2) is 5.78 Å². The summed E-state index contributed by atoms with van der Waals surface area (Å²) in [5, 5.41) is 0. The predicted octanol–water partition coefficient (Wildman–Crippen LogP) is 3.63. The lowest BCUT2D eigenvalue weighted by molar-refractivity contribution is 0.0962. The molecular formula is C20H22N4O. The Morgan fingerprint density at radius 2 is 2.08 bits per heavy atom. The molecule has 2 aliphatic carbocycles. The maximum absolute atomic E-state index is 12.7. The Balaban J connectivity index is 1.74. The number of ketones is 1. The fourth-order valence-electron chi connectivity index (χ4n) is 4.09. The summed E-state index contributed by atoms with van der Waals surface area (Å²) in [4.78, 5) is 25.9. The molecule has 2 heterocycles. The minimum atomic E-state index is 0.0974. The minimum absolute atomic E-state index is 0.0974. The first-order chi connectivity index (χ1) is 12.1. The standard InChI is InChI=1S/C20H22N4O/c1-12-18-16(24-20(21)23-12)10-14(11-17(18)25)15-8-5-9-22-19(15)13-6-3-2-4-7-13/h5-6,8-9,14H,2-4,7,10-11H2,1H3,(H2,21,23,24). The van der Waals surface area contributed by atoms with E-state index in [1.165, 1.54) is 18.4 Å². The molecular weight excluding hydrogens is 312 g/mol. The van der Waals surface area contributed by atoms with Crippen molar-refractivity contribution in [3.8, 4) is 0 Å². The molecule has 0 saturated heterocycles. The van der Waals surface area contributed by atoms with Crippen LogP contribution in [0.15, 0.2) is 24.4 Å². The van der Waals surface area contributed by atoms with E-state index in [0.29, 0.717) is 24.1 Å². The van der Waals surface area contributed by atoms with Gasteiger partial charge in [0.05, 0.1) is 22.6 Å². The van der Waals surface area contributed by atoms with E-state index in [4.69, 9.17) is 5.73 Å². The van der Waals surface area contributed by atoms with Gasteiger partial charge in [-0.25, -0.2) is 9.97 Å². The third-order valence-electron chi connectivity index (χ3n) is 5.21. The zero-order chi connectivity index (χ0) is 17.4. The quantitative estimate of drug-likeness (QED) is 0.907. The molecule has 1 unspecified atom stereocenters. The molecule has 2 N–H and O–H groups in total. The summed E-state index contributed by atoms with van der Waals surface area (Å²) >= 11 is 0. The summed E-state index contributed by atoms with van der Waals surface area (Å²) in [5.41, 5.74) is 11.5. The molecule has 0 spiro atoms. The molecule has 0 aromatic carbocycles. The summed E-state index contributed by atoms with van der Waals surface area (Å²) in [6, 6.07) is 4.07. The molecule has 0 radical (unpaired) electrons. The number of hydrogen-bond acceptors (Lipinski definition) is 5. The summed E-state index contributed by atoms with van der Waals surface area (Å²) in [6.07, 6.45) is 9.97. The van der Waals surface area contributed by atoms with Crippen molar-refractivity contribution in [2.75, 3.05) is 5.73 Å². The van der Waals surface area contributed by atoms with Gasteiger partial charge < -0.3 is 5.73 Å². The van der Waals surface area contributed by atoms with Crippen LogP contribution in [0.4, 0.5) is 5.95 Å². The van der Waals surface area contributed by atoms with E-state index < -0.39 is 0 Å². The third kappa shape index (κ3) is 2.95. The number of Topliss-reactive ketones (excluding diaryl/α,β-unsaturated/α-hetero) is 1. The SMILES string of the molecule is Cc1nc(N)nc2c1C(=O)CC(c1cccnc1C1=CCCCC1)C2. The van der Waals surface area contributed by atoms with Crippen LogP contribution in [0.3, 0.4) is 0 Å². The number of rotatable bonds is 2. The lowest BCUT2D eigenvalue weighted by Crippen LogP contribution is -2.23. The number of pyridine rings is 1. The number of nitrogen functional groups attached to an aromatic ring is 1. The van der Waals surface area contributed by atoms with Gasteiger partial charge in [0, 0.05) is 12.6 Å². The Labute approximate surface area is 147 Å². The van der Waals surface area contributed by atoms with Gasteiger partial charge in [-0.1, -0.05) is 12.1 Å². The molecule has 0 aliphatic heterocycles. The van der Waals surface area contributed by atoms with Crippen LogP contribution in [0.2, 0.25) is 0 Å². The van der Waals surface area contributed by atoms with Crippen molar-refractivity contribution < 1.29 is 4.79 Å². The third-order valence-corrected chi connectivity index (χ3v) is 5.21. The highest BCUT2D eigenvalue weighted by molar-refractivity contribution is 5.99. The highest BCUT2D eigenvalue weighted by Crippen LogP contribution is 2.37. The fraction of sp³-hybridized carbons (Fsp3) is 0.400. The average Bonchev–Trinajstić information content (AvgIpc) is 2.61. The van der Waals surface area contributed by atoms with Gasteiger partial charge in [0.25, 0.3) is 0 Å². The maximum atomic E-state index is 12.7. The van der Waals surface area contributed by atoms with Crippen LogP contribution in [-0.2, 0) is 6.42 Å². The molecule has 128 valence electrons. The van der Waals surface area contributed by atoms with Gasteiger partial charge in [-0.15, -0.1) is 0 Å². The molecule has 0 fully saturated rings. The van der Waals surface area contributed by atoms with E-state index in [1.807, 2.05) is 19.2 Å². The van der Waals surface area contributed by atoms with Gasteiger partial charge >= 0.3 is 0 Å². The second kappa shape index (κ2) is 6.39. The highest BCUT2D eigenvalue weighted by atomic mass is 16.1. The molecule has 1 atom stereocenters. The lowest BCUT2D eigenvalue weighted by atomic mass is 9.79. The monoisotopic (exact) mass is 334 g/mol. The maximum Gasteiger partial charge on any atom is 0.220 e. The zero-order valence-electron chi connectivity index (χ0n) is 14.5. The van der Waals surface area contributed by atoms with Crippen molar-refractivity contribution in [2.45, 2.75) is 51.4 Å². The predicted molar refractivity (Wildman–Crippen MR) is 97.3 cm³/mol. The van der Waals surface area contributed by atoms with E-state index in [9.17, 15) is 4.79 Å². The van der Waals surface area contributed by atoms with Crippen LogP contribution in [0.1, 0.15) is 71.0 Å². The number of allylic oxidation sites excluding steroid dienone is 2. The van der Waals surface area contributed by atoms with Crippen LogP contribution in [-0.4, -0.2) is 20.7 Å². The number of anilines is 1. The summed E-state index contributed by atoms with van der Waals surface area (Å²) < 4.78 is 0. The number of aryl methyl sites for hydroxylation is 1. The minimum Gasteiger partial charge on any atom is -0.368 e. The smallest absolute Gasteiger partial charge is 0.220 e. The average molecular weight is 334 g/mol. The summed E-state index contributed by atoms with van der Waals surface area (Å²) in [6.45, 7) is 1.83. The Hall–Kier alpha value is -2.56. The number of carbonyl (C=O) groups is 1. The van der Waals surface area contributed by atoms with Gasteiger partial charge in [-0.2, -0.15) is 0 Å². The largest absolute Gasteiger partial charge is 0.368 e. The van der Waals surface area contributed by atoms with Crippen molar-refractivity contribution in [1.82, 2.24) is 15.0 Å².